The van der Waals surface area contributed by atoms with Gasteiger partial charge in [0.15, 0.2) is 5.34 Å². The normalized spacial score (nSPS) is 8.36. The number of hydrogen-bond acceptors (Lipinski definition) is 5. The van der Waals surface area contributed by atoms with E-state index in [4.69, 9.17) is 32.6 Å². The summed E-state index contributed by atoms with van der Waals surface area (Å²) in [5.74, 6) is -0.962. The molecule has 14 heavy (non-hydrogen) atoms. The maximum absolute atomic E-state index is 10.4. The first-order chi connectivity index (χ1) is 6.51. The highest BCUT2D eigenvalue weighted by molar-refractivity contribution is 6.29. The van der Waals surface area contributed by atoms with Crippen molar-refractivity contribution < 1.29 is 15.1 Å². The zero-order valence-corrected chi connectivity index (χ0v) is 7.47. The first-order valence-electron chi connectivity index (χ1n) is 3.14. The molecule has 1 aromatic heterocycles. The quantitative estimate of drug-likeness (QED) is 0.370. The van der Waals surface area contributed by atoms with Crippen molar-refractivity contribution in [2.75, 3.05) is 5.73 Å². The zero-order valence-electron chi connectivity index (χ0n) is 6.72. The third-order valence-electron chi connectivity index (χ3n) is 1.06. The van der Waals surface area contributed by atoms with E-state index in [2.05, 4.69) is 4.98 Å². The number of aromatic carboxylic acids is 1. The van der Waals surface area contributed by atoms with E-state index in [-0.39, 0.29) is 16.5 Å². The summed E-state index contributed by atoms with van der Waals surface area (Å²) in [6, 6.07) is 2.48. The van der Waals surface area contributed by atoms with Gasteiger partial charge in [-0.1, -0.05) is 11.6 Å². The standard InChI is InChI=1S/C6H5ClN2O2.HNO2/c7-4-1-3(6(10)11)2-5(8)9-4;2-1-3/h1-2H,(H2,8,9)(H,10,11);(H,2,3). The average Bonchev–Trinajstić information content (AvgIpc) is 2.03. The Morgan fingerprint density at radius 1 is 1.57 bits per heavy atom. The fraction of sp³-hybridized carbons (Fsp3) is 0. The predicted molar refractivity (Wildman–Crippen MR) is 48.2 cm³/mol. The third-order valence-corrected chi connectivity index (χ3v) is 1.25. The predicted octanol–water partition coefficient (Wildman–Crippen LogP) is 1.16. The van der Waals surface area contributed by atoms with Gasteiger partial charge in [0.05, 0.1) is 5.56 Å². The van der Waals surface area contributed by atoms with Crippen molar-refractivity contribution in [1.82, 2.24) is 4.98 Å². The SMILES string of the molecule is Nc1cc(C(=O)O)cc(Cl)n1.O=NO. The van der Waals surface area contributed by atoms with Crippen LogP contribution in [-0.4, -0.2) is 21.3 Å². The fourth-order valence-corrected chi connectivity index (χ4v) is 0.856. The molecular formula is C6H6ClN3O4. The Morgan fingerprint density at radius 2 is 2.07 bits per heavy atom. The molecule has 0 spiro atoms. The number of nitrogens with two attached hydrogens (primary N) is 1. The molecule has 0 aliphatic rings. The number of hydrogen-bond donors (Lipinski definition) is 3. The van der Waals surface area contributed by atoms with E-state index in [0.717, 1.165) is 0 Å². The number of carboxylic acid groups (broad SMARTS) is 1. The van der Waals surface area contributed by atoms with Crippen LogP contribution in [0.15, 0.2) is 17.5 Å². The van der Waals surface area contributed by atoms with E-state index < -0.39 is 5.97 Å². The minimum atomic E-state index is -1.07. The molecule has 76 valence electrons. The van der Waals surface area contributed by atoms with Crippen LogP contribution in [-0.2, 0) is 0 Å². The average molecular weight is 220 g/mol. The summed E-state index contributed by atoms with van der Waals surface area (Å²) >= 11 is 5.44. The Hall–Kier alpha value is -1.89. The molecule has 1 heterocycles. The van der Waals surface area contributed by atoms with E-state index in [1.165, 1.54) is 17.5 Å². The van der Waals surface area contributed by atoms with E-state index >= 15 is 0 Å². The lowest BCUT2D eigenvalue weighted by Crippen LogP contribution is -1.99. The van der Waals surface area contributed by atoms with Crippen LogP contribution in [0.4, 0.5) is 5.82 Å². The Bertz CT molecular complexity index is 324. The van der Waals surface area contributed by atoms with Crippen molar-refractivity contribution in [3.63, 3.8) is 0 Å². The number of halogens is 1. The minimum Gasteiger partial charge on any atom is -0.478 e. The topological polar surface area (TPSA) is 126 Å². The zero-order chi connectivity index (χ0) is 11.1. The summed E-state index contributed by atoms with van der Waals surface area (Å²) in [6.45, 7) is 0. The maximum atomic E-state index is 10.4. The van der Waals surface area contributed by atoms with Crippen molar-refractivity contribution >= 4 is 23.4 Å². The highest BCUT2D eigenvalue weighted by Crippen LogP contribution is 2.11. The number of carboxylic acids is 1. The molecule has 0 radical (unpaired) electrons. The van der Waals surface area contributed by atoms with Gasteiger partial charge >= 0.3 is 5.97 Å². The number of pyridine rings is 1. The molecular weight excluding hydrogens is 214 g/mol. The van der Waals surface area contributed by atoms with Gasteiger partial charge in [0.25, 0.3) is 0 Å². The lowest BCUT2D eigenvalue weighted by Gasteiger charge is -1.96. The molecule has 0 bridgehead atoms. The molecule has 1 rings (SSSR count). The molecule has 0 amide bonds. The second-order valence-electron chi connectivity index (χ2n) is 1.99. The first-order valence-corrected chi connectivity index (χ1v) is 3.52. The van der Waals surface area contributed by atoms with Crippen LogP contribution in [0.5, 0.6) is 0 Å². The van der Waals surface area contributed by atoms with Gasteiger partial charge in [-0.05, 0) is 12.1 Å². The van der Waals surface area contributed by atoms with Crippen molar-refractivity contribution in [3.05, 3.63) is 27.8 Å². The van der Waals surface area contributed by atoms with Gasteiger partial charge in [-0.25, -0.2) is 9.78 Å². The first kappa shape index (κ1) is 12.1. The van der Waals surface area contributed by atoms with Gasteiger partial charge in [-0.15, -0.1) is 4.91 Å². The molecule has 0 aliphatic heterocycles. The van der Waals surface area contributed by atoms with E-state index in [1.54, 1.807) is 0 Å². The summed E-state index contributed by atoms with van der Waals surface area (Å²) in [7, 11) is 0. The van der Waals surface area contributed by atoms with Gasteiger partial charge < -0.3 is 16.0 Å². The van der Waals surface area contributed by atoms with Gasteiger partial charge in [0.2, 0.25) is 0 Å². The molecule has 4 N–H and O–H groups in total. The van der Waals surface area contributed by atoms with E-state index in [9.17, 15) is 4.79 Å². The second kappa shape index (κ2) is 5.70. The Balaban J connectivity index is 0.000000500. The lowest BCUT2D eigenvalue weighted by molar-refractivity contribution is 0.0697. The summed E-state index contributed by atoms with van der Waals surface area (Å²) < 4.78 is 0. The Morgan fingerprint density at radius 3 is 2.43 bits per heavy atom. The van der Waals surface area contributed by atoms with Gasteiger partial charge in [0.1, 0.15) is 11.0 Å². The number of nitrogen functional groups attached to an aromatic ring is 1. The van der Waals surface area contributed by atoms with Crippen LogP contribution in [0.1, 0.15) is 10.4 Å². The summed E-state index contributed by atoms with van der Waals surface area (Å²) in [5, 5.41) is 16.5. The van der Waals surface area contributed by atoms with Crippen LogP contribution in [0.2, 0.25) is 5.15 Å². The number of carbonyl (C=O) groups is 1. The number of rotatable bonds is 1. The van der Waals surface area contributed by atoms with Crippen molar-refractivity contribution in [2.24, 2.45) is 5.34 Å². The van der Waals surface area contributed by atoms with E-state index in [1.807, 2.05) is 0 Å². The molecule has 8 heteroatoms. The second-order valence-corrected chi connectivity index (χ2v) is 2.38. The highest BCUT2D eigenvalue weighted by Gasteiger charge is 2.04. The van der Waals surface area contributed by atoms with Gasteiger partial charge in [-0.2, -0.15) is 0 Å². The summed E-state index contributed by atoms with van der Waals surface area (Å²) in [5.41, 5.74) is 5.28. The molecule has 0 aliphatic carbocycles. The number of nitrogens with zero attached hydrogens (tertiary/aromatic N) is 2. The Labute approximate surface area is 83.1 Å². The smallest absolute Gasteiger partial charge is 0.335 e. The van der Waals surface area contributed by atoms with E-state index in [0.29, 0.717) is 0 Å². The van der Waals surface area contributed by atoms with Crippen LogP contribution in [0.25, 0.3) is 0 Å². The lowest BCUT2D eigenvalue weighted by atomic mass is 10.3. The third kappa shape index (κ3) is 4.21. The fourth-order valence-electron chi connectivity index (χ4n) is 0.641. The number of aromatic nitrogens is 1. The molecule has 0 saturated carbocycles. The van der Waals surface area contributed by atoms with Crippen molar-refractivity contribution in [2.45, 2.75) is 0 Å². The monoisotopic (exact) mass is 219 g/mol. The van der Waals surface area contributed by atoms with Crippen molar-refractivity contribution in [3.8, 4) is 0 Å². The molecule has 0 aromatic carbocycles. The summed E-state index contributed by atoms with van der Waals surface area (Å²) in [4.78, 5) is 22.1. The van der Waals surface area contributed by atoms with Crippen LogP contribution in [0.3, 0.4) is 0 Å². The van der Waals surface area contributed by atoms with Gasteiger partial charge in [-0.3, -0.25) is 0 Å². The molecule has 7 nitrogen and oxygen atoms in total. The van der Waals surface area contributed by atoms with Crippen LogP contribution < -0.4 is 5.73 Å². The van der Waals surface area contributed by atoms with Crippen molar-refractivity contribution in [1.29, 1.82) is 0 Å². The van der Waals surface area contributed by atoms with Gasteiger partial charge in [0, 0.05) is 0 Å². The molecule has 0 unspecified atom stereocenters. The molecule has 1 aromatic rings. The molecule has 0 atom stereocenters. The molecule has 0 fully saturated rings. The number of anilines is 1. The maximum Gasteiger partial charge on any atom is 0.335 e. The molecule has 0 saturated heterocycles. The highest BCUT2D eigenvalue weighted by atomic mass is 35.5. The van der Waals surface area contributed by atoms with Crippen LogP contribution >= 0.6 is 11.6 Å². The largest absolute Gasteiger partial charge is 0.478 e. The summed E-state index contributed by atoms with van der Waals surface area (Å²) in [6.07, 6.45) is 0. The Kier molecular flexibility index (Phi) is 4.93. The van der Waals surface area contributed by atoms with Crippen LogP contribution in [0, 0.1) is 4.91 Å². The minimum absolute atomic E-state index is 0.0440.